The van der Waals surface area contributed by atoms with E-state index in [1.54, 1.807) is 23.8 Å². The van der Waals surface area contributed by atoms with Crippen molar-refractivity contribution >= 4 is 34.3 Å². The quantitative estimate of drug-likeness (QED) is 0.629. The van der Waals surface area contributed by atoms with Gasteiger partial charge in [-0.25, -0.2) is 9.48 Å². The summed E-state index contributed by atoms with van der Waals surface area (Å²) in [7, 11) is 3.49. The van der Waals surface area contributed by atoms with Gasteiger partial charge < -0.3 is 19.4 Å². The molecule has 8 nitrogen and oxygen atoms in total. The standard InChI is InChI=1S/C20H28N6O2S2/c1-4-23(2)19(27)24-9-11-25(12-10-24)20(29)30-15-17-14-26(22-21-17)13-16-5-7-18(28-3)8-6-16/h5-8,14H,4,9-13,15H2,1-3H3. The minimum atomic E-state index is 0.0872. The monoisotopic (exact) mass is 448 g/mol. The molecule has 2 aromatic rings. The summed E-state index contributed by atoms with van der Waals surface area (Å²) < 4.78 is 7.86. The van der Waals surface area contributed by atoms with Crippen molar-refractivity contribution in [2.24, 2.45) is 0 Å². The van der Waals surface area contributed by atoms with Crippen molar-refractivity contribution in [3.05, 3.63) is 41.7 Å². The number of nitrogens with zero attached hydrogens (tertiary/aromatic N) is 6. The Morgan fingerprint density at radius 2 is 1.87 bits per heavy atom. The summed E-state index contributed by atoms with van der Waals surface area (Å²) in [5.74, 6) is 1.52. The Balaban J connectivity index is 1.43. The molecule has 0 spiro atoms. The Kier molecular flexibility index (Phi) is 7.92. The van der Waals surface area contributed by atoms with E-state index in [1.165, 1.54) is 0 Å². The smallest absolute Gasteiger partial charge is 0.319 e. The van der Waals surface area contributed by atoms with Crippen molar-refractivity contribution in [1.82, 2.24) is 29.7 Å². The first-order chi connectivity index (χ1) is 14.5. The molecule has 0 unspecified atom stereocenters. The van der Waals surface area contributed by atoms with E-state index in [4.69, 9.17) is 17.0 Å². The van der Waals surface area contributed by atoms with E-state index < -0.39 is 0 Å². The molecule has 2 heterocycles. The topological polar surface area (TPSA) is 66.7 Å². The highest BCUT2D eigenvalue weighted by molar-refractivity contribution is 8.22. The Hall–Kier alpha value is -2.33. The molecule has 0 aliphatic carbocycles. The molecule has 1 aromatic carbocycles. The fourth-order valence-electron chi connectivity index (χ4n) is 3.08. The van der Waals surface area contributed by atoms with Crippen molar-refractivity contribution in [2.75, 3.05) is 46.9 Å². The number of piperazine rings is 1. The predicted octanol–water partition coefficient (Wildman–Crippen LogP) is 2.54. The second-order valence-corrected chi connectivity index (χ2v) is 8.69. The van der Waals surface area contributed by atoms with Crippen LogP contribution in [0.1, 0.15) is 18.2 Å². The van der Waals surface area contributed by atoms with Gasteiger partial charge in [-0.2, -0.15) is 0 Å². The summed E-state index contributed by atoms with van der Waals surface area (Å²) in [5.41, 5.74) is 2.03. The van der Waals surface area contributed by atoms with Gasteiger partial charge in [0.1, 0.15) is 10.1 Å². The van der Waals surface area contributed by atoms with E-state index in [2.05, 4.69) is 15.2 Å². The Morgan fingerprint density at radius 3 is 2.50 bits per heavy atom. The molecule has 1 aromatic heterocycles. The van der Waals surface area contributed by atoms with E-state index in [9.17, 15) is 4.79 Å². The lowest BCUT2D eigenvalue weighted by Crippen LogP contribution is -2.52. The highest BCUT2D eigenvalue weighted by atomic mass is 32.2. The van der Waals surface area contributed by atoms with Gasteiger partial charge in [-0.3, -0.25) is 0 Å². The number of thioether (sulfide) groups is 1. The van der Waals surface area contributed by atoms with E-state index in [-0.39, 0.29) is 6.03 Å². The summed E-state index contributed by atoms with van der Waals surface area (Å²) in [6, 6.07) is 8.01. The maximum Gasteiger partial charge on any atom is 0.319 e. The average Bonchev–Trinajstić information content (AvgIpc) is 3.24. The van der Waals surface area contributed by atoms with Crippen LogP contribution in [0.3, 0.4) is 0 Å². The van der Waals surface area contributed by atoms with Crippen LogP contribution < -0.4 is 4.74 Å². The molecule has 0 bridgehead atoms. The number of carbonyl (C=O) groups is 1. The number of hydrogen-bond acceptors (Lipinski definition) is 6. The molecule has 0 radical (unpaired) electrons. The third-order valence-corrected chi connectivity index (χ3v) is 6.60. The molecular formula is C20H28N6O2S2. The number of rotatable bonds is 6. The van der Waals surface area contributed by atoms with E-state index in [0.29, 0.717) is 31.9 Å². The first-order valence-corrected chi connectivity index (χ1v) is 11.3. The van der Waals surface area contributed by atoms with E-state index in [0.717, 1.165) is 34.4 Å². The Labute approximate surface area is 187 Å². The predicted molar refractivity (Wildman–Crippen MR) is 123 cm³/mol. The molecule has 0 N–H and O–H groups in total. The lowest BCUT2D eigenvalue weighted by Gasteiger charge is -2.37. The maximum absolute atomic E-state index is 12.3. The van der Waals surface area contributed by atoms with Gasteiger partial charge in [0.15, 0.2) is 0 Å². The number of carbonyl (C=O) groups excluding carboxylic acids is 1. The molecule has 1 fully saturated rings. The van der Waals surface area contributed by atoms with Crippen LogP contribution in [-0.4, -0.2) is 86.9 Å². The van der Waals surface area contributed by atoms with Gasteiger partial charge in [0.25, 0.3) is 0 Å². The van der Waals surface area contributed by atoms with E-state index in [1.807, 2.05) is 54.0 Å². The zero-order valence-electron chi connectivity index (χ0n) is 17.7. The van der Waals surface area contributed by atoms with Crippen LogP contribution in [0.5, 0.6) is 5.75 Å². The van der Waals surface area contributed by atoms with Crippen LogP contribution >= 0.6 is 24.0 Å². The molecule has 1 saturated heterocycles. The molecule has 2 amide bonds. The van der Waals surface area contributed by atoms with Gasteiger partial charge in [-0.1, -0.05) is 41.3 Å². The summed E-state index contributed by atoms with van der Waals surface area (Å²) in [5, 5.41) is 8.47. The lowest BCUT2D eigenvalue weighted by molar-refractivity contribution is 0.143. The van der Waals surface area contributed by atoms with Crippen LogP contribution in [-0.2, 0) is 12.3 Å². The van der Waals surface area contributed by atoms with Crippen molar-refractivity contribution < 1.29 is 9.53 Å². The first-order valence-electron chi connectivity index (χ1n) is 9.93. The van der Waals surface area contributed by atoms with Crippen LogP contribution in [0.15, 0.2) is 30.5 Å². The van der Waals surface area contributed by atoms with Crippen LogP contribution in [0.4, 0.5) is 4.79 Å². The van der Waals surface area contributed by atoms with Crippen LogP contribution in [0, 0.1) is 0 Å². The zero-order valence-corrected chi connectivity index (χ0v) is 19.3. The largest absolute Gasteiger partial charge is 0.497 e. The summed E-state index contributed by atoms with van der Waals surface area (Å²) in [4.78, 5) is 18.0. The highest BCUT2D eigenvalue weighted by Crippen LogP contribution is 2.18. The van der Waals surface area contributed by atoms with Crippen molar-refractivity contribution in [1.29, 1.82) is 0 Å². The zero-order chi connectivity index (χ0) is 21.5. The number of thiocarbonyl (C=S) groups is 1. The van der Waals surface area contributed by atoms with Gasteiger partial charge in [0.2, 0.25) is 0 Å². The third-order valence-electron chi connectivity index (χ3n) is 5.04. The van der Waals surface area contributed by atoms with Gasteiger partial charge in [-0.05, 0) is 24.6 Å². The SMILES string of the molecule is CCN(C)C(=O)N1CCN(C(=S)SCc2cn(Cc3ccc(OC)cc3)nn2)CC1. The molecule has 1 aliphatic heterocycles. The fraction of sp³-hybridized carbons (Fsp3) is 0.500. The number of amides is 2. The van der Waals surface area contributed by atoms with Crippen molar-refractivity contribution in [3.8, 4) is 5.75 Å². The lowest BCUT2D eigenvalue weighted by atomic mass is 10.2. The molecule has 30 heavy (non-hydrogen) atoms. The number of benzene rings is 1. The second kappa shape index (κ2) is 10.6. The number of aromatic nitrogens is 3. The number of hydrogen-bond donors (Lipinski definition) is 0. The number of methoxy groups -OCH3 is 1. The van der Waals surface area contributed by atoms with Crippen molar-refractivity contribution in [3.63, 3.8) is 0 Å². The van der Waals surface area contributed by atoms with Crippen LogP contribution in [0.2, 0.25) is 0 Å². The summed E-state index contributed by atoms with van der Waals surface area (Å²) in [6.07, 6.45) is 1.96. The van der Waals surface area contributed by atoms with E-state index >= 15 is 0 Å². The number of ether oxygens (including phenoxy) is 1. The highest BCUT2D eigenvalue weighted by Gasteiger charge is 2.24. The minimum absolute atomic E-state index is 0.0872. The first kappa shape index (κ1) is 22.4. The molecule has 162 valence electrons. The maximum atomic E-state index is 12.3. The molecule has 3 rings (SSSR count). The summed E-state index contributed by atoms with van der Waals surface area (Å²) in [6.45, 7) is 6.27. The Bertz CT molecular complexity index is 849. The molecule has 0 saturated carbocycles. The third kappa shape index (κ3) is 5.85. The normalized spacial score (nSPS) is 14.0. The van der Waals surface area contributed by atoms with Crippen molar-refractivity contribution in [2.45, 2.75) is 19.2 Å². The summed E-state index contributed by atoms with van der Waals surface area (Å²) >= 11 is 7.19. The number of urea groups is 1. The molecular weight excluding hydrogens is 420 g/mol. The fourth-order valence-corrected chi connectivity index (χ4v) is 4.21. The molecule has 0 atom stereocenters. The molecule has 10 heteroatoms. The van der Waals surface area contributed by atoms with Gasteiger partial charge >= 0.3 is 6.03 Å². The minimum Gasteiger partial charge on any atom is -0.497 e. The van der Waals surface area contributed by atoms with Gasteiger partial charge in [-0.15, -0.1) is 5.10 Å². The molecule has 1 aliphatic rings. The average molecular weight is 449 g/mol. The second-order valence-electron chi connectivity index (χ2n) is 7.08. The van der Waals surface area contributed by atoms with Gasteiger partial charge in [0.05, 0.1) is 19.3 Å². The van der Waals surface area contributed by atoms with Crippen LogP contribution in [0.25, 0.3) is 0 Å². The van der Waals surface area contributed by atoms with Gasteiger partial charge in [0, 0.05) is 51.7 Å². The Morgan fingerprint density at radius 1 is 1.20 bits per heavy atom.